The molecule has 2 saturated heterocycles. The molecule has 2 aliphatic heterocycles. The van der Waals surface area contributed by atoms with Crippen LogP contribution in [0.15, 0.2) is 28.9 Å². The van der Waals surface area contributed by atoms with Gasteiger partial charge in [-0.2, -0.15) is 10.2 Å². The largest absolute Gasteiger partial charge is 0.365 e. The molecule has 2 aromatic rings. The Bertz CT molecular complexity index is 957. The second-order valence-electron chi connectivity index (χ2n) is 8.40. The second-order valence-corrected chi connectivity index (χ2v) is 9.26. The fourth-order valence-corrected chi connectivity index (χ4v) is 4.99. The molecule has 0 radical (unpaired) electrons. The molecule has 0 aliphatic carbocycles. The molecule has 152 valence electrons. The average Bonchev–Trinajstić information content (AvgIpc) is 3.15. The standard InChI is InChI=1S/C21H24BrFN6/c1-21(2)10-15(9-16-4-3-7-29(16)21)26-19-18(23)12-25-20(28-19)27-14-5-6-17(22)13(8-14)11-24/h5-6,8,12,15-16H,3-4,7,9-10H2,1-2H3,(H2,25,26,27,28)/t15-,16+/m1/s1. The topological polar surface area (TPSA) is 76.9 Å². The first kappa shape index (κ1) is 20.0. The first-order valence-corrected chi connectivity index (χ1v) is 10.7. The minimum Gasteiger partial charge on any atom is -0.365 e. The molecule has 8 heteroatoms. The summed E-state index contributed by atoms with van der Waals surface area (Å²) in [5.41, 5.74) is 1.26. The molecule has 0 bridgehead atoms. The van der Waals surface area contributed by atoms with Crippen LogP contribution in [0.25, 0.3) is 0 Å². The molecule has 29 heavy (non-hydrogen) atoms. The quantitative estimate of drug-likeness (QED) is 0.684. The Morgan fingerprint density at radius 3 is 3.00 bits per heavy atom. The summed E-state index contributed by atoms with van der Waals surface area (Å²) in [6.45, 7) is 5.68. The van der Waals surface area contributed by atoms with Crippen molar-refractivity contribution in [2.45, 2.75) is 57.2 Å². The van der Waals surface area contributed by atoms with Crippen LogP contribution < -0.4 is 10.6 Å². The van der Waals surface area contributed by atoms with E-state index < -0.39 is 5.82 Å². The molecule has 0 spiro atoms. The molecule has 2 N–H and O–H groups in total. The van der Waals surface area contributed by atoms with E-state index in [0.717, 1.165) is 19.4 Å². The van der Waals surface area contributed by atoms with E-state index >= 15 is 0 Å². The number of aromatic nitrogens is 2. The van der Waals surface area contributed by atoms with Crippen LogP contribution >= 0.6 is 15.9 Å². The molecule has 2 aliphatic rings. The summed E-state index contributed by atoms with van der Waals surface area (Å²) in [5.74, 6) is 0.0424. The fraction of sp³-hybridized carbons (Fsp3) is 0.476. The van der Waals surface area contributed by atoms with E-state index in [9.17, 15) is 9.65 Å². The Kier molecular flexibility index (Phi) is 5.45. The summed E-state index contributed by atoms with van der Waals surface area (Å²) in [5, 5.41) is 15.6. The summed E-state index contributed by atoms with van der Waals surface area (Å²) < 4.78 is 15.1. The van der Waals surface area contributed by atoms with E-state index in [1.54, 1.807) is 12.1 Å². The maximum Gasteiger partial charge on any atom is 0.229 e. The molecular weight excluding hydrogens is 435 g/mol. The Morgan fingerprint density at radius 1 is 1.38 bits per heavy atom. The highest BCUT2D eigenvalue weighted by atomic mass is 79.9. The second kappa shape index (κ2) is 7.88. The van der Waals surface area contributed by atoms with Gasteiger partial charge in [0, 0.05) is 27.8 Å². The van der Waals surface area contributed by atoms with Gasteiger partial charge < -0.3 is 10.6 Å². The number of rotatable bonds is 4. The van der Waals surface area contributed by atoms with E-state index in [4.69, 9.17) is 0 Å². The van der Waals surface area contributed by atoms with Crippen LogP contribution in [0.5, 0.6) is 0 Å². The molecule has 0 amide bonds. The number of nitrogens with one attached hydrogen (secondary N) is 2. The van der Waals surface area contributed by atoms with Crippen LogP contribution in [0.4, 0.5) is 21.8 Å². The molecule has 0 unspecified atom stereocenters. The van der Waals surface area contributed by atoms with Crippen molar-refractivity contribution < 1.29 is 4.39 Å². The summed E-state index contributed by atoms with van der Waals surface area (Å²) in [6, 6.07) is 8.12. The van der Waals surface area contributed by atoms with Crippen molar-refractivity contribution in [3.05, 3.63) is 40.2 Å². The number of hydrogen-bond acceptors (Lipinski definition) is 6. The number of anilines is 3. The number of piperidine rings is 1. The van der Waals surface area contributed by atoms with Gasteiger partial charge in [-0.3, -0.25) is 4.90 Å². The number of benzene rings is 1. The number of nitriles is 1. The normalized spacial score (nSPS) is 23.3. The van der Waals surface area contributed by atoms with Crippen molar-refractivity contribution >= 4 is 33.4 Å². The molecule has 2 atom stereocenters. The first-order valence-electron chi connectivity index (χ1n) is 9.88. The van der Waals surface area contributed by atoms with Crippen molar-refractivity contribution in [3.8, 4) is 6.07 Å². The molecule has 2 fully saturated rings. The Balaban J connectivity index is 1.51. The highest BCUT2D eigenvalue weighted by Gasteiger charge is 2.43. The zero-order valence-corrected chi connectivity index (χ0v) is 18.1. The molecular formula is C21H24BrFN6. The van der Waals surface area contributed by atoms with Gasteiger partial charge in [-0.15, -0.1) is 0 Å². The van der Waals surface area contributed by atoms with Crippen LogP contribution in [0.1, 0.15) is 45.1 Å². The van der Waals surface area contributed by atoms with E-state index in [-0.39, 0.29) is 23.3 Å². The molecule has 1 aromatic heterocycles. The lowest BCUT2D eigenvalue weighted by molar-refractivity contribution is 0.0500. The van der Waals surface area contributed by atoms with Crippen molar-refractivity contribution in [2.24, 2.45) is 0 Å². The third-order valence-electron chi connectivity index (χ3n) is 5.89. The van der Waals surface area contributed by atoms with E-state index in [1.807, 2.05) is 6.07 Å². The zero-order chi connectivity index (χ0) is 20.6. The lowest BCUT2D eigenvalue weighted by Crippen LogP contribution is -2.55. The first-order chi connectivity index (χ1) is 13.9. The molecule has 1 aromatic carbocycles. The van der Waals surface area contributed by atoms with Gasteiger partial charge >= 0.3 is 0 Å². The predicted octanol–water partition coefficient (Wildman–Crippen LogP) is 4.81. The smallest absolute Gasteiger partial charge is 0.229 e. The van der Waals surface area contributed by atoms with Gasteiger partial charge in [0.1, 0.15) is 6.07 Å². The summed E-state index contributed by atoms with van der Waals surface area (Å²) in [4.78, 5) is 11.0. The van der Waals surface area contributed by atoms with Crippen LogP contribution in [-0.2, 0) is 0 Å². The Labute approximate surface area is 178 Å². The maximum atomic E-state index is 14.4. The van der Waals surface area contributed by atoms with Gasteiger partial charge in [0.05, 0.1) is 11.8 Å². The minimum absolute atomic E-state index is 0.0901. The van der Waals surface area contributed by atoms with E-state index in [2.05, 4.69) is 61.3 Å². The van der Waals surface area contributed by atoms with Crippen molar-refractivity contribution in [3.63, 3.8) is 0 Å². The van der Waals surface area contributed by atoms with Crippen molar-refractivity contribution in [1.82, 2.24) is 14.9 Å². The van der Waals surface area contributed by atoms with Gasteiger partial charge in [-0.05, 0) is 80.2 Å². The Morgan fingerprint density at radius 2 is 2.21 bits per heavy atom. The van der Waals surface area contributed by atoms with Gasteiger partial charge in [-0.25, -0.2) is 9.37 Å². The van der Waals surface area contributed by atoms with Crippen LogP contribution in [0.2, 0.25) is 0 Å². The summed E-state index contributed by atoms with van der Waals surface area (Å²) in [6.07, 6.45) is 5.54. The SMILES string of the molecule is CC1(C)C[C@H](Nc2nc(Nc3ccc(Br)c(C#N)c3)ncc2F)C[C@@H]2CCCN21. The maximum absolute atomic E-state index is 14.4. The van der Waals surface area contributed by atoms with Gasteiger partial charge in [0.15, 0.2) is 11.6 Å². The monoisotopic (exact) mass is 458 g/mol. The van der Waals surface area contributed by atoms with Crippen LogP contribution in [0, 0.1) is 17.1 Å². The summed E-state index contributed by atoms with van der Waals surface area (Å²) in [7, 11) is 0. The average molecular weight is 459 g/mol. The Hall–Kier alpha value is -2.24. The molecule has 4 rings (SSSR count). The highest BCUT2D eigenvalue weighted by Crippen LogP contribution is 2.38. The highest BCUT2D eigenvalue weighted by molar-refractivity contribution is 9.10. The molecule has 3 heterocycles. The lowest BCUT2D eigenvalue weighted by Gasteiger charge is -2.47. The van der Waals surface area contributed by atoms with Crippen molar-refractivity contribution in [1.29, 1.82) is 5.26 Å². The predicted molar refractivity (Wildman–Crippen MR) is 115 cm³/mol. The molecule has 0 saturated carbocycles. The number of nitrogens with zero attached hydrogens (tertiary/aromatic N) is 4. The summed E-state index contributed by atoms with van der Waals surface area (Å²) >= 11 is 3.34. The van der Waals surface area contributed by atoms with Crippen LogP contribution in [0.3, 0.4) is 0 Å². The van der Waals surface area contributed by atoms with Crippen LogP contribution in [-0.4, -0.2) is 39.0 Å². The number of halogens is 2. The van der Waals surface area contributed by atoms with Gasteiger partial charge in [-0.1, -0.05) is 0 Å². The number of hydrogen-bond donors (Lipinski definition) is 2. The van der Waals surface area contributed by atoms with Gasteiger partial charge in [0.2, 0.25) is 5.95 Å². The van der Waals surface area contributed by atoms with Crippen molar-refractivity contribution in [2.75, 3.05) is 17.2 Å². The third kappa shape index (κ3) is 4.21. The zero-order valence-electron chi connectivity index (χ0n) is 16.5. The van der Waals surface area contributed by atoms with Gasteiger partial charge in [0.25, 0.3) is 0 Å². The minimum atomic E-state index is -0.462. The number of fused-ring (bicyclic) bond motifs is 1. The molecule has 6 nitrogen and oxygen atoms in total. The van der Waals surface area contributed by atoms with E-state index in [0.29, 0.717) is 21.8 Å². The lowest BCUT2D eigenvalue weighted by atomic mass is 9.84. The fourth-order valence-electron chi connectivity index (χ4n) is 4.66. The van der Waals surface area contributed by atoms with E-state index in [1.165, 1.54) is 19.0 Å². The third-order valence-corrected chi connectivity index (χ3v) is 6.58.